The zero-order valence-corrected chi connectivity index (χ0v) is 20.6. The molecule has 1 aliphatic heterocycles. The lowest BCUT2D eigenvalue weighted by Gasteiger charge is -2.24. The molecule has 0 saturated carbocycles. The summed E-state index contributed by atoms with van der Waals surface area (Å²) in [5, 5.41) is 27.9. The molecule has 0 aliphatic carbocycles. The number of hydrogen-bond acceptors (Lipinski definition) is 6. The van der Waals surface area contributed by atoms with E-state index in [1.807, 2.05) is 26.8 Å². The van der Waals surface area contributed by atoms with Crippen LogP contribution >= 0.6 is 0 Å². The van der Waals surface area contributed by atoms with Crippen molar-refractivity contribution in [2.75, 3.05) is 13.1 Å². The van der Waals surface area contributed by atoms with Gasteiger partial charge in [0.2, 0.25) is 0 Å². The van der Waals surface area contributed by atoms with Crippen molar-refractivity contribution in [1.82, 2.24) is 15.4 Å². The van der Waals surface area contributed by atoms with Crippen LogP contribution in [0.3, 0.4) is 0 Å². The van der Waals surface area contributed by atoms with Gasteiger partial charge in [-0.15, -0.1) is 0 Å². The van der Waals surface area contributed by atoms with Crippen molar-refractivity contribution in [3.05, 3.63) is 52.7 Å². The van der Waals surface area contributed by atoms with Gasteiger partial charge in [-0.2, -0.15) is 0 Å². The number of rotatable bonds is 6. The van der Waals surface area contributed by atoms with E-state index in [0.29, 0.717) is 35.0 Å². The lowest BCUT2D eigenvalue weighted by atomic mass is 9.92. The van der Waals surface area contributed by atoms with E-state index in [4.69, 9.17) is 4.52 Å². The van der Waals surface area contributed by atoms with Crippen LogP contribution in [0.5, 0.6) is 11.5 Å². The summed E-state index contributed by atoms with van der Waals surface area (Å²) in [5.74, 6) is -0.141. The van der Waals surface area contributed by atoms with Gasteiger partial charge in [0.1, 0.15) is 11.5 Å². The predicted octanol–water partition coefficient (Wildman–Crippen LogP) is 5.75. The topological polar surface area (TPSA) is 98.8 Å². The molecule has 180 valence electrons. The third-order valence-electron chi connectivity index (χ3n) is 6.89. The molecule has 0 spiro atoms. The minimum absolute atomic E-state index is 0.0151. The Bertz CT molecular complexity index is 1230. The molecule has 0 bridgehead atoms. The van der Waals surface area contributed by atoms with Gasteiger partial charge in [0.15, 0.2) is 11.5 Å². The first kappa shape index (κ1) is 23.8. The maximum absolute atomic E-state index is 12.9. The maximum atomic E-state index is 12.9. The second-order valence-corrected chi connectivity index (χ2v) is 9.20. The fourth-order valence-corrected chi connectivity index (χ4v) is 5.09. The molecular weight excluding hydrogens is 430 g/mol. The summed E-state index contributed by atoms with van der Waals surface area (Å²) in [4.78, 5) is 15.3. The molecule has 4 rings (SSSR count). The van der Waals surface area contributed by atoms with Crippen molar-refractivity contribution in [3.8, 4) is 33.9 Å². The number of hydrogen-bond donors (Lipinski definition) is 3. The zero-order chi connectivity index (χ0) is 24.7. The number of phenolic OH excluding ortho intramolecular Hbond substituents is 2. The highest BCUT2D eigenvalue weighted by molar-refractivity contribution is 6.02. The summed E-state index contributed by atoms with van der Waals surface area (Å²) >= 11 is 0. The van der Waals surface area contributed by atoms with Crippen LogP contribution in [0, 0.1) is 0 Å². The quantitative estimate of drug-likeness (QED) is 0.430. The number of fused-ring (bicyclic) bond motifs is 1. The number of carbonyl (C=O) groups is 1. The highest BCUT2D eigenvalue weighted by Gasteiger charge is 2.33. The number of aromatic hydroxyl groups is 2. The molecule has 0 saturated heterocycles. The summed E-state index contributed by atoms with van der Waals surface area (Å²) in [6.45, 7) is 13.7. The van der Waals surface area contributed by atoms with Gasteiger partial charge >= 0.3 is 0 Å². The molecule has 7 nitrogen and oxygen atoms in total. The van der Waals surface area contributed by atoms with Gasteiger partial charge in [0.25, 0.3) is 5.91 Å². The molecule has 1 amide bonds. The average Bonchev–Trinajstić information content (AvgIpc) is 3.33. The van der Waals surface area contributed by atoms with E-state index >= 15 is 0 Å². The highest BCUT2D eigenvalue weighted by atomic mass is 16.5. The minimum Gasteiger partial charge on any atom is -0.508 e. The van der Waals surface area contributed by atoms with Crippen molar-refractivity contribution in [2.45, 2.75) is 59.5 Å². The molecule has 2 atom stereocenters. The van der Waals surface area contributed by atoms with E-state index in [1.54, 1.807) is 6.07 Å². The molecule has 3 aromatic rings. The summed E-state index contributed by atoms with van der Waals surface area (Å²) in [5.41, 5.74) is 5.03. The lowest BCUT2D eigenvalue weighted by molar-refractivity contribution is 0.0947. The molecule has 3 N–H and O–H groups in total. The van der Waals surface area contributed by atoms with Gasteiger partial charge in [0, 0.05) is 24.7 Å². The number of nitrogens with one attached hydrogen (secondary N) is 1. The molecular formula is C27H33N3O4. The van der Waals surface area contributed by atoms with Gasteiger partial charge in [-0.1, -0.05) is 38.1 Å². The Hall–Kier alpha value is -3.32. The summed E-state index contributed by atoms with van der Waals surface area (Å²) in [6, 6.07) is 9.76. The summed E-state index contributed by atoms with van der Waals surface area (Å²) in [6.07, 6.45) is 0. The fraction of sp³-hybridized carbons (Fsp3) is 0.407. The van der Waals surface area contributed by atoms with Crippen LogP contribution in [0.15, 0.2) is 34.9 Å². The Balaban J connectivity index is 1.94. The number of phenols is 2. The summed E-state index contributed by atoms with van der Waals surface area (Å²) in [7, 11) is 0. The summed E-state index contributed by atoms with van der Waals surface area (Å²) < 4.78 is 5.71. The fourth-order valence-electron chi connectivity index (χ4n) is 5.09. The first-order valence-electron chi connectivity index (χ1n) is 11.9. The third-order valence-corrected chi connectivity index (χ3v) is 6.89. The standard InChI is InChI=1S/C27H33N3O4/c1-7-28-27(33)25-24(17-9-10-18-15(5)30(8-2)16(6)20(18)11-17)26(34-29-25)21-12-19(14(3)4)22(31)13-23(21)32/h9-16,31-32H,7-8H2,1-6H3,(H,28,33). The number of carbonyl (C=O) groups excluding carboxylic acids is 1. The Morgan fingerprint density at radius 1 is 1.09 bits per heavy atom. The maximum Gasteiger partial charge on any atom is 0.274 e. The monoisotopic (exact) mass is 463 g/mol. The highest BCUT2D eigenvalue weighted by Crippen LogP contribution is 2.46. The number of benzene rings is 2. The van der Waals surface area contributed by atoms with Gasteiger partial charge < -0.3 is 20.1 Å². The Kier molecular flexibility index (Phi) is 6.41. The SMILES string of the molecule is CCNC(=O)c1noc(-c2cc(C(C)C)c(O)cc2O)c1-c1ccc2c(c1)C(C)N(CC)C2C. The smallest absolute Gasteiger partial charge is 0.274 e. The van der Waals surface area contributed by atoms with E-state index in [2.05, 4.69) is 48.3 Å². The number of nitrogens with zero attached hydrogens (tertiary/aromatic N) is 2. The molecule has 2 unspecified atom stereocenters. The number of amides is 1. The molecule has 0 radical (unpaired) electrons. The van der Waals surface area contributed by atoms with Crippen LogP contribution < -0.4 is 5.32 Å². The molecule has 1 aliphatic rings. The molecule has 2 heterocycles. The second-order valence-electron chi connectivity index (χ2n) is 9.20. The van der Waals surface area contributed by atoms with E-state index in [-0.39, 0.29) is 35.1 Å². The van der Waals surface area contributed by atoms with Crippen molar-refractivity contribution in [3.63, 3.8) is 0 Å². The number of aromatic nitrogens is 1. The predicted molar refractivity (Wildman–Crippen MR) is 132 cm³/mol. The molecule has 2 aromatic carbocycles. The van der Waals surface area contributed by atoms with E-state index in [0.717, 1.165) is 12.1 Å². The molecule has 34 heavy (non-hydrogen) atoms. The van der Waals surface area contributed by atoms with Gasteiger partial charge in [-0.3, -0.25) is 9.69 Å². The van der Waals surface area contributed by atoms with Crippen molar-refractivity contribution in [1.29, 1.82) is 0 Å². The largest absolute Gasteiger partial charge is 0.508 e. The van der Waals surface area contributed by atoms with Crippen molar-refractivity contribution in [2.24, 2.45) is 0 Å². The second kappa shape index (κ2) is 9.14. The zero-order valence-electron chi connectivity index (χ0n) is 20.6. The van der Waals surface area contributed by atoms with Crippen molar-refractivity contribution < 1.29 is 19.5 Å². The average molecular weight is 464 g/mol. The van der Waals surface area contributed by atoms with Gasteiger partial charge in [0.05, 0.1) is 11.1 Å². The van der Waals surface area contributed by atoms with Crippen LogP contribution in [0.1, 0.15) is 86.7 Å². The normalized spacial score (nSPS) is 17.9. The van der Waals surface area contributed by atoms with Crippen molar-refractivity contribution >= 4 is 5.91 Å². The van der Waals surface area contributed by atoms with Crippen LogP contribution in [-0.4, -0.2) is 39.3 Å². The van der Waals surface area contributed by atoms with Crippen LogP contribution in [-0.2, 0) is 0 Å². The first-order chi connectivity index (χ1) is 16.2. The Labute approximate surface area is 200 Å². The molecule has 7 heteroatoms. The van der Waals surface area contributed by atoms with Gasteiger partial charge in [-0.05, 0) is 67.6 Å². The first-order valence-corrected chi connectivity index (χ1v) is 11.9. The minimum atomic E-state index is -0.341. The Morgan fingerprint density at radius 2 is 1.79 bits per heavy atom. The van der Waals surface area contributed by atoms with E-state index < -0.39 is 0 Å². The third kappa shape index (κ3) is 3.84. The van der Waals surface area contributed by atoms with E-state index in [9.17, 15) is 15.0 Å². The van der Waals surface area contributed by atoms with E-state index in [1.165, 1.54) is 17.2 Å². The van der Waals surface area contributed by atoms with Crippen LogP contribution in [0.4, 0.5) is 0 Å². The van der Waals surface area contributed by atoms with Crippen LogP contribution in [0.25, 0.3) is 22.5 Å². The van der Waals surface area contributed by atoms with Crippen LogP contribution in [0.2, 0.25) is 0 Å². The lowest BCUT2D eigenvalue weighted by Crippen LogP contribution is -2.23. The Morgan fingerprint density at radius 3 is 2.44 bits per heavy atom. The van der Waals surface area contributed by atoms with Gasteiger partial charge in [-0.25, -0.2) is 0 Å². The molecule has 1 aromatic heterocycles. The molecule has 0 fully saturated rings.